The number of carbonyl (C=O) groups is 1. The number of fused-ring (bicyclic) bond motifs is 1. The number of nitrogens with two attached hydrogens (primary N) is 2. The van der Waals surface area contributed by atoms with Gasteiger partial charge in [-0.3, -0.25) is 0 Å². The summed E-state index contributed by atoms with van der Waals surface area (Å²) in [4.78, 5) is 16.4. The van der Waals surface area contributed by atoms with E-state index in [0.29, 0.717) is 23.7 Å². The largest absolute Gasteiger partial charge is 0.487 e. The van der Waals surface area contributed by atoms with Gasteiger partial charge in [-0.05, 0) is 24.8 Å². The van der Waals surface area contributed by atoms with Crippen LogP contribution in [0.1, 0.15) is 24.8 Å². The van der Waals surface area contributed by atoms with Gasteiger partial charge < -0.3 is 25.7 Å². The number of amides is 1. The molecule has 1 saturated carbocycles. The molecule has 180 valence electrons. The molecule has 0 bridgehead atoms. The second-order valence-electron chi connectivity index (χ2n) is 8.61. The lowest BCUT2D eigenvalue weighted by Gasteiger charge is -2.38. The first-order valence-electron chi connectivity index (χ1n) is 11.5. The minimum absolute atomic E-state index is 0.00366. The molecule has 4 N–H and O–H groups in total. The lowest BCUT2D eigenvalue weighted by Crippen LogP contribution is -2.43. The van der Waals surface area contributed by atoms with Gasteiger partial charge in [0.1, 0.15) is 12.3 Å². The van der Waals surface area contributed by atoms with E-state index < -0.39 is 6.09 Å². The van der Waals surface area contributed by atoms with Gasteiger partial charge in [0.05, 0.1) is 12.3 Å². The van der Waals surface area contributed by atoms with E-state index in [1.807, 2.05) is 42.5 Å². The Balaban J connectivity index is 1.69. The van der Waals surface area contributed by atoms with Crippen LogP contribution in [0.5, 0.6) is 11.6 Å². The molecule has 9 nitrogen and oxygen atoms in total. The maximum Gasteiger partial charge on any atom is 0.411 e. The Hall–Kier alpha value is -3.95. The van der Waals surface area contributed by atoms with Crippen LogP contribution >= 0.6 is 0 Å². The SMILES string of the molecule is COCCOc1cc(OC(N)=O)nn2c(-c3ccccc3)c(-c3ccc(C4(N)CCC4)cc3)nc12. The van der Waals surface area contributed by atoms with Crippen LogP contribution in [0, 0.1) is 0 Å². The first kappa shape index (κ1) is 22.8. The number of ether oxygens (including phenoxy) is 3. The fourth-order valence-electron chi connectivity index (χ4n) is 4.33. The Morgan fingerprint density at radius 2 is 1.80 bits per heavy atom. The number of nitrogens with zero attached hydrogens (tertiary/aromatic N) is 3. The van der Waals surface area contributed by atoms with Crippen LogP contribution in [-0.4, -0.2) is 41.0 Å². The summed E-state index contributed by atoms with van der Waals surface area (Å²) >= 11 is 0. The summed E-state index contributed by atoms with van der Waals surface area (Å²) in [6, 6.07) is 19.5. The van der Waals surface area contributed by atoms with Gasteiger partial charge >= 0.3 is 6.09 Å². The summed E-state index contributed by atoms with van der Waals surface area (Å²) < 4.78 is 17.7. The molecule has 1 fully saturated rings. The normalized spacial score (nSPS) is 14.5. The van der Waals surface area contributed by atoms with Crippen molar-refractivity contribution in [3.63, 3.8) is 0 Å². The van der Waals surface area contributed by atoms with Crippen molar-refractivity contribution in [1.82, 2.24) is 14.6 Å². The molecule has 4 aromatic rings. The van der Waals surface area contributed by atoms with E-state index in [2.05, 4.69) is 17.2 Å². The smallest absolute Gasteiger partial charge is 0.411 e. The van der Waals surface area contributed by atoms with Gasteiger partial charge in [0.15, 0.2) is 11.4 Å². The molecule has 2 aromatic heterocycles. The third kappa shape index (κ3) is 4.43. The van der Waals surface area contributed by atoms with Crippen molar-refractivity contribution >= 4 is 11.7 Å². The average molecular weight is 474 g/mol. The molecule has 0 atom stereocenters. The zero-order valence-corrected chi connectivity index (χ0v) is 19.4. The number of aromatic nitrogens is 3. The number of methoxy groups -OCH3 is 1. The average Bonchev–Trinajstić information content (AvgIpc) is 3.22. The van der Waals surface area contributed by atoms with E-state index in [9.17, 15) is 4.79 Å². The highest BCUT2D eigenvalue weighted by Crippen LogP contribution is 2.40. The van der Waals surface area contributed by atoms with Gasteiger partial charge in [-0.15, -0.1) is 5.10 Å². The summed E-state index contributed by atoms with van der Waals surface area (Å²) in [7, 11) is 1.59. The Kier molecular flexibility index (Phi) is 6.10. The standard InChI is InChI=1S/C26H27N5O4/c1-33-14-15-34-20-16-21(35-25(27)32)30-31-23(18-6-3-2-4-7-18)22(29-24(20)31)17-8-10-19(11-9-17)26(28)12-5-13-26/h2-4,6-11,16H,5,12-15,28H2,1H3,(H2,27,32). The summed E-state index contributed by atoms with van der Waals surface area (Å²) in [5.41, 5.74) is 16.4. The summed E-state index contributed by atoms with van der Waals surface area (Å²) in [6.45, 7) is 0.657. The highest BCUT2D eigenvalue weighted by atomic mass is 16.6. The van der Waals surface area contributed by atoms with Crippen molar-refractivity contribution in [1.29, 1.82) is 0 Å². The first-order valence-corrected chi connectivity index (χ1v) is 11.5. The van der Waals surface area contributed by atoms with Crippen molar-refractivity contribution in [2.45, 2.75) is 24.8 Å². The molecule has 0 unspecified atom stereocenters. The van der Waals surface area contributed by atoms with Crippen molar-refractivity contribution in [3.8, 4) is 34.1 Å². The summed E-state index contributed by atoms with van der Waals surface area (Å²) in [6.07, 6.45) is 2.16. The number of rotatable bonds is 8. The van der Waals surface area contributed by atoms with Crippen LogP contribution in [-0.2, 0) is 10.3 Å². The minimum atomic E-state index is -0.969. The number of carbonyl (C=O) groups excluding carboxylic acids is 1. The third-order valence-electron chi connectivity index (χ3n) is 6.30. The van der Waals surface area contributed by atoms with Crippen LogP contribution in [0.2, 0.25) is 0 Å². The predicted octanol–water partition coefficient (Wildman–Crippen LogP) is 3.88. The number of hydrogen-bond donors (Lipinski definition) is 2. The highest BCUT2D eigenvalue weighted by molar-refractivity contribution is 5.83. The third-order valence-corrected chi connectivity index (χ3v) is 6.30. The molecular formula is C26H27N5O4. The van der Waals surface area contributed by atoms with Crippen LogP contribution in [0.25, 0.3) is 28.2 Å². The predicted molar refractivity (Wildman–Crippen MR) is 131 cm³/mol. The summed E-state index contributed by atoms with van der Waals surface area (Å²) in [5, 5.41) is 4.51. The Bertz CT molecular complexity index is 1350. The maximum absolute atomic E-state index is 11.5. The fraction of sp³-hybridized carbons (Fsp3) is 0.269. The number of benzene rings is 2. The van der Waals surface area contributed by atoms with Crippen molar-refractivity contribution in [2.24, 2.45) is 11.5 Å². The minimum Gasteiger partial charge on any atom is -0.487 e. The lowest BCUT2D eigenvalue weighted by molar-refractivity contribution is 0.146. The number of imidazole rings is 1. The lowest BCUT2D eigenvalue weighted by atomic mass is 9.72. The Morgan fingerprint density at radius 1 is 1.06 bits per heavy atom. The molecule has 0 saturated heterocycles. The molecule has 0 radical (unpaired) electrons. The Labute approximate surface area is 202 Å². The highest BCUT2D eigenvalue weighted by Gasteiger charge is 2.34. The van der Waals surface area contributed by atoms with Gasteiger partial charge in [0, 0.05) is 29.8 Å². The molecule has 0 spiro atoms. The molecule has 5 rings (SSSR count). The van der Waals surface area contributed by atoms with Gasteiger partial charge in [-0.2, -0.15) is 0 Å². The first-order chi connectivity index (χ1) is 17.0. The van der Waals surface area contributed by atoms with Gasteiger partial charge in [0.25, 0.3) is 0 Å². The molecule has 1 aliphatic carbocycles. The topological polar surface area (TPSA) is 127 Å². The molecule has 2 aromatic carbocycles. The van der Waals surface area contributed by atoms with Crippen LogP contribution in [0.4, 0.5) is 4.79 Å². The van der Waals surface area contributed by atoms with E-state index in [1.54, 1.807) is 11.6 Å². The molecule has 2 heterocycles. The molecule has 0 aliphatic heterocycles. The van der Waals surface area contributed by atoms with Crippen LogP contribution in [0.3, 0.4) is 0 Å². The Morgan fingerprint density at radius 3 is 2.43 bits per heavy atom. The quantitative estimate of drug-likeness (QED) is 0.372. The molecule has 9 heteroatoms. The van der Waals surface area contributed by atoms with E-state index in [1.165, 1.54) is 6.07 Å². The van der Waals surface area contributed by atoms with Crippen molar-refractivity contribution in [3.05, 3.63) is 66.2 Å². The second kappa shape index (κ2) is 9.36. The molecule has 1 aliphatic rings. The molecule has 1 amide bonds. The fourth-order valence-corrected chi connectivity index (χ4v) is 4.33. The number of primary amides is 1. The molecule has 35 heavy (non-hydrogen) atoms. The van der Waals surface area contributed by atoms with E-state index in [4.69, 9.17) is 30.7 Å². The van der Waals surface area contributed by atoms with Gasteiger partial charge in [0.2, 0.25) is 5.88 Å². The zero-order valence-electron chi connectivity index (χ0n) is 19.4. The number of hydrogen-bond acceptors (Lipinski definition) is 7. The second-order valence-corrected chi connectivity index (χ2v) is 8.61. The van der Waals surface area contributed by atoms with E-state index in [0.717, 1.165) is 41.6 Å². The van der Waals surface area contributed by atoms with E-state index >= 15 is 0 Å². The van der Waals surface area contributed by atoms with Crippen LogP contribution < -0.4 is 20.9 Å². The van der Waals surface area contributed by atoms with Gasteiger partial charge in [-0.1, -0.05) is 54.6 Å². The summed E-state index contributed by atoms with van der Waals surface area (Å²) in [5.74, 6) is 0.396. The zero-order chi connectivity index (χ0) is 24.4. The van der Waals surface area contributed by atoms with Crippen molar-refractivity contribution < 1.29 is 19.0 Å². The molecular weight excluding hydrogens is 446 g/mol. The van der Waals surface area contributed by atoms with Crippen LogP contribution in [0.15, 0.2) is 60.7 Å². The monoisotopic (exact) mass is 473 g/mol. The maximum atomic E-state index is 11.5. The van der Waals surface area contributed by atoms with Crippen molar-refractivity contribution in [2.75, 3.05) is 20.3 Å². The van der Waals surface area contributed by atoms with E-state index in [-0.39, 0.29) is 18.0 Å². The van der Waals surface area contributed by atoms with Gasteiger partial charge in [-0.25, -0.2) is 14.3 Å².